The largest absolute Gasteiger partial charge is 0.383 e. The van der Waals surface area contributed by atoms with Crippen LogP contribution in [0.2, 0.25) is 0 Å². The van der Waals surface area contributed by atoms with E-state index in [4.69, 9.17) is 0 Å². The summed E-state index contributed by atoms with van der Waals surface area (Å²) in [5, 5.41) is 6.85. The molecule has 2 aromatic carbocycles. The summed E-state index contributed by atoms with van der Waals surface area (Å²) in [5.41, 5.74) is 2.02. The van der Waals surface area contributed by atoms with Crippen molar-refractivity contribution in [1.82, 2.24) is 5.32 Å². The van der Waals surface area contributed by atoms with Gasteiger partial charge in [-0.3, -0.25) is 0 Å². The number of sulfone groups is 1. The van der Waals surface area contributed by atoms with E-state index in [-0.39, 0.29) is 0 Å². The normalized spacial score (nSPS) is 20.5. The molecule has 5 nitrogen and oxygen atoms in total. The molecule has 0 aliphatic carbocycles. The van der Waals surface area contributed by atoms with Gasteiger partial charge in [0.25, 0.3) is 0 Å². The van der Waals surface area contributed by atoms with Gasteiger partial charge in [-0.15, -0.1) is 0 Å². The number of nitrogens with one attached hydrogen (secondary N) is 2. The summed E-state index contributed by atoms with van der Waals surface area (Å²) in [6.07, 6.45) is 1.04. The second kappa shape index (κ2) is 6.11. The molecule has 6 heteroatoms. The Bertz CT molecular complexity index is 837. The van der Waals surface area contributed by atoms with E-state index in [1.54, 1.807) is 36.4 Å². The van der Waals surface area contributed by atoms with Gasteiger partial charge in [-0.05, 0) is 36.8 Å². The maximum atomic E-state index is 12.8. The van der Waals surface area contributed by atoms with Crippen molar-refractivity contribution in [3.8, 4) is 0 Å². The number of fused-ring (bicyclic) bond motifs is 3. The van der Waals surface area contributed by atoms with E-state index in [9.17, 15) is 8.42 Å². The Hall–Kier alpha value is -2.05. The molecule has 2 heterocycles. The molecule has 2 aromatic rings. The van der Waals surface area contributed by atoms with Crippen molar-refractivity contribution in [3.05, 3.63) is 48.5 Å². The molecular formula is C18H21N3O2S. The van der Waals surface area contributed by atoms with Gasteiger partial charge in [-0.1, -0.05) is 18.2 Å². The standard InChI is InChI=1S/C18H21N3O2S/c22-24(23,15-4-2-1-3-5-15)16-6-7-18-17(12-16)20-9-8-14-13-19-10-11-21(14)18/h1-7,12,14,19-20H,8-11,13H2. The Labute approximate surface area is 142 Å². The minimum absolute atomic E-state index is 0.332. The number of rotatable bonds is 2. The van der Waals surface area contributed by atoms with Crippen LogP contribution >= 0.6 is 0 Å². The van der Waals surface area contributed by atoms with Gasteiger partial charge in [0.05, 0.1) is 21.2 Å². The predicted octanol–water partition coefficient (Wildman–Crippen LogP) is 2.11. The first kappa shape index (κ1) is 15.5. The second-order valence-electron chi connectivity index (χ2n) is 6.26. The van der Waals surface area contributed by atoms with Gasteiger partial charge in [-0.25, -0.2) is 8.42 Å². The molecular weight excluding hydrogens is 322 g/mol. The highest BCUT2D eigenvalue weighted by Crippen LogP contribution is 2.34. The zero-order chi connectivity index (χ0) is 16.6. The van der Waals surface area contributed by atoms with Gasteiger partial charge >= 0.3 is 0 Å². The summed E-state index contributed by atoms with van der Waals surface area (Å²) >= 11 is 0. The third kappa shape index (κ3) is 2.65. The molecule has 0 bridgehead atoms. The molecule has 0 amide bonds. The lowest BCUT2D eigenvalue weighted by Gasteiger charge is -2.37. The average Bonchev–Trinajstić information content (AvgIpc) is 2.81. The topological polar surface area (TPSA) is 61.4 Å². The molecule has 2 aliphatic rings. The Kier molecular flexibility index (Phi) is 3.94. The van der Waals surface area contributed by atoms with Crippen LogP contribution in [0.15, 0.2) is 58.3 Å². The summed E-state index contributed by atoms with van der Waals surface area (Å²) in [6, 6.07) is 14.5. The van der Waals surface area contributed by atoms with Crippen LogP contribution in [0.25, 0.3) is 0 Å². The van der Waals surface area contributed by atoms with Crippen LogP contribution in [0, 0.1) is 0 Å². The van der Waals surface area contributed by atoms with Gasteiger partial charge in [0.2, 0.25) is 9.84 Å². The molecule has 4 rings (SSSR count). The van der Waals surface area contributed by atoms with Gasteiger partial charge in [-0.2, -0.15) is 0 Å². The third-order valence-electron chi connectivity index (χ3n) is 4.78. The van der Waals surface area contributed by atoms with E-state index in [1.165, 1.54) is 0 Å². The Morgan fingerprint density at radius 3 is 2.67 bits per heavy atom. The van der Waals surface area contributed by atoms with E-state index in [0.29, 0.717) is 15.8 Å². The average molecular weight is 343 g/mol. The quantitative estimate of drug-likeness (QED) is 0.875. The molecule has 0 spiro atoms. The third-order valence-corrected chi connectivity index (χ3v) is 6.55. The molecule has 0 saturated carbocycles. The molecule has 0 aromatic heterocycles. The predicted molar refractivity (Wildman–Crippen MR) is 95.4 cm³/mol. The number of piperazine rings is 1. The monoisotopic (exact) mass is 343 g/mol. The lowest BCUT2D eigenvalue weighted by molar-refractivity contribution is 0.466. The Morgan fingerprint density at radius 1 is 1.00 bits per heavy atom. The van der Waals surface area contributed by atoms with Crippen LogP contribution < -0.4 is 15.5 Å². The van der Waals surface area contributed by atoms with Crippen LogP contribution in [0.5, 0.6) is 0 Å². The van der Waals surface area contributed by atoms with Crippen molar-refractivity contribution in [1.29, 1.82) is 0 Å². The number of benzene rings is 2. The highest BCUT2D eigenvalue weighted by Gasteiger charge is 2.28. The summed E-state index contributed by atoms with van der Waals surface area (Å²) in [6.45, 7) is 3.74. The van der Waals surface area contributed by atoms with Crippen molar-refractivity contribution in [2.24, 2.45) is 0 Å². The first-order chi connectivity index (χ1) is 11.7. The summed E-state index contributed by atoms with van der Waals surface area (Å²) < 4.78 is 25.7. The van der Waals surface area contributed by atoms with E-state index in [1.807, 2.05) is 12.1 Å². The maximum absolute atomic E-state index is 12.8. The highest BCUT2D eigenvalue weighted by atomic mass is 32.2. The van der Waals surface area contributed by atoms with Crippen molar-refractivity contribution >= 4 is 21.2 Å². The lowest BCUT2D eigenvalue weighted by Crippen LogP contribution is -2.51. The Morgan fingerprint density at radius 2 is 1.83 bits per heavy atom. The van der Waals surface area contributed by atoms with Gasteiger partial charge < -0.3 is 15.5 Å². The molecule has 2 N–H and O–H groups in total. The highest BCUT2D eigenvalue weighted by molar-refractivity contribution is 7.91. The number of hydrogen-bond acceptors (Lipinski definition) is 5. The zero-order valence-corrected chi connectivity index (χ0v) is 14.2. The van der Waals surface area contributed by atoms with Crippen LogP contribution in [-0.4, -0.2) is 40.6 Å². The molecule has 2 aliphatic heterocycles. The summed E-state index contributed by atoms with van der Waals surface area (Å²) in [7, 11) is -3.48. The van der Waals surface area contributed by atoms with Crippen molar-refractivity contribution in [2.75, 3.05) is 36.4 Å². The zero-order valence-electron chi connectivity index (χ0n) is 13.4. The second-order valence-corrected chi connectivity index (χ2v) is 8.21. The molecule has 0 radical (unpaired) electrons. The summed E-state index contributed by atoms with van der Waals surface area (Å²) in [4.78, 5) is 3.07. The molecule has 24 heavy (non-hydrogen) atoms. The fourth-order valence-electron chi connectivity index (χ4n) is 3.52. The van der Waals surface area contributed by atoms with Crippen molar-refractivity contribution < 1.29 is 8.42 Å². The van der Waals surface area contributed by atoms with Crippen LogP contribution in [0.3, 0.4) is 0 Å². The van der Waals surface area contributed by atoms with E-state index < -0.39 is 9.84 Å². The van der Waals surface area contributed by atoms with Crippen LogP contribution in [0.1, 0.15) is 6.42 Å². The minimum Gasteiger partial charge on any atom is -0.383 e. The Balaban J connectivity index is 1.75. The fraction of sp³-hybridized carbons (Fsp3) is 0.333. The van der Waals surface area contributed by atoms with Crippen LogP contribution in [0.4, 0.5) is 11.4 Å². The molecule has 1 saturated heterocycles. The minimum atomic E-state index is -3.48. The van der Waals surface area contributed by atoms with Crippen LogP contribution in [-0.2, 0) is 9.84 Å². The van der Waals surface area contributed by atoms with E-state index in [2.05, 4.69) is 15.5 Å². The van der Waals surface area contributed by atoms with Gasteiger partial charge in [0.1, 0.15) is 0 Å². The molecule has 1 atom stereocenters. The van der Waals surface area contributed by atoms with Gasteiger partial charge in [0, 0.05) is 32.2 Å². The van der Waals surface area contributed by atoms with Crippen molar-refractivity contribution in [3.63, 3.8) is 0 Å². The maximum Gasteiger partial charge on any atom is 0.206 e. The lowest BCUT2D eigenvalue weighted by atomic mass is 10.1. The van der Waals surface area contributed by atoms with E-state index in [0.717, 1.165) is 44.0 Å². The smallest absolute Gasteiger partial charge is 0.206 e. The molecule has 1 unspecified atom stereocenters. The fourth-order valence-corrected chi connectivity index (χ4v) is 4.83. The first-order valence-electron chi connectivity index (χ1n) is 8.32. The number of anilines is 2. The number of nitrogens with zero attached hydrogens (tertiary/aromatic N) is 1. The molecule has 1 fully saturated rings. The summed E-state index contributed by atoms with van der Waals surface area (Å²) in [5.74, 6) is 0. The molecule has 126 valence electrons. The first-order valence-corrected chi connectivity index (χ1v) is 9.80. The van der Waals surface area contributed by atoms with Gasteiger partial charge in [0.15, 0.2) is 0 Å². The van der Waals surface area contributed by atoms with Crippen molar-refractivity contribution in [2.45, 2.75) is 22.3 Å². The SMILES string of the molecule is O=S(=O)(c1ccccc1)c1ccc2c(c1)NCCC1CNCCN21. The number of hydrogen-bond donors (Lipinski definition) is 2. The van der Waals surface area contributed by atoms with E-state index >= 15 is 0 Å².